The highest BCUT2D eigenvalue weighted by atomic mass is 35.5. The number of nitrogens with zero attached hydrogens (tertiary/aromatic N) is 3. The Morgan fingerprint density at radius 1 is 1.29 bits per heavy atom. The van der Waals surface area contributed by atoms with Crippen LogP contribution in [0.1, 0.15) is 26.3 Å². The largest absolute Gasteiger partial charge is 0.489 e. The van der Waals surface area contributed by atoms with Crippen molar-refractivity contribution in [1.82, 2.24) is 10.1 Å². The number of halogens is 1. The Labute approximate surface area is 185 Å². The Balaban J connectivity index is 1.59. The van der Waals surface area contributed by atoms with Crippen molar-refractivity contribution < 1.29 is 18.8 Å². The molecule has 3 aromatic rings. The van der Waals surface area contributed by atoms with E-state index in [1.54, 1.807) is 19.1 Å². The molecule has 7 nitrogen and oxygen atoms in total. The molecule has 0 bridgehead atoms. The van der Waals surface area contributed by atoms with Crippen LogP contribution in [0.15, 0.2) is 40.9 Å². The summed E-state index contributed by atoms with van der Waals surface area (Å²) < 4.78 is 16.3. The number of esters is 1. The van der Waals surface area contributed by atoms with E-state index in [0.717, 1.165) is 35.3 Å². The highest BCUT2D eigenvalue weighted by molar-refractivity contribution is 6.32. The van der Waals surface area contributed by atoms with Crippen molar-refractivity contribution in [1.29, 1.82) is 0 Å². The van der Waals surface area contributed by atoms with Gasteiger partial charge in [-0.05, 0) is 57.0 Å². The third kappa shape index (κ3) is 4.51. The number of fused-ring (bicyclic) bond motifs is 1. The first-order valence-corrected chi connectivity index (χ1v) is 10.7. The Bertz CT molecular complexity index is 1100. The molecule has 0 saturated heterocycles. The van der Waals surface area contributed by atoms with Gasteiger partial charge in [0.25, 0.3) is 5.89 Å². The maximum absolute atomic E-state index is 11.9. The fourth-order valence-corrected chi connectivity index (χ4v) is 3.90. The number of anilines is 1. The van der Waals surface area contributed by atoms with Crippen LogP contribution in [0.5, 0.6) is 5.75 Å². The molecular weight excluding hydrogens is 418 g/mol. The zero-order valence-corrected chi connectivity index (χ0v) is 18.5. The van der Waals surface area contributed by atoms with Gasteiger partial charge in [0.05, 0.1) is 17.7 Å². The van der Waals surface area contributed by atoms with E-state index in [1.807, 2.05) is 43.0 Å². The minimum atomic E-state index is -0.232. The summed E-state index contributed by atoms with van der Waals surface area (Å²) in [7, 11) is 0. The van der Waals surface area contributed by atoms with Crippen LogP contribution in [-0.2, 0) is 16.0 Å². The first-order valence-electron chi connectivity index (χ1n) is 10.3. The Morgan fingerprint density at radius 2 is 2.13 bits per heavy atom. The highest BCUT2D eigenvalue weighted by Gasteiger charge is 2.26. The second kappa shape index (κ2) is 8.98. The normalized spacial score (nSPS) is 12.9. The second-order valence-electron chi connectivity index (χ2n) is 7.51. The number of carbonyl (C=O) groups is 1. The summed E-state index contributed by atoms with van der Waals surface area (Å²) in [6.07, 6.45) is 0.823. The molecule has 0 aliphatic carbocycles. The lowest BCUT2D eigenvalue weighted by Gasteiger charge is -2.18. The summed E-state index contributed by atoms with van der Waals surface area (Å²) in [6, 6.07) is 11.3. The molecule has 0 radical (unpaired) electrons. The van der Waals surface area contributed by atoms with E-state index in [-0.39, 0.29) is 18.6 Å². The van der Waals surface area contributed by atoms with Crippen molar-refractivity contribution in [2.45, 2.75) is 33.3 Å². The van der Waals surface area contributed by atoms with Crippen molar-refractivity contribution in [2.75, 3.05) is 24.6 Å². The zero-order valence-electron chi connectivity index (χ0n) is 17.7. The molecule has 0 saturated carbocycles. The van der Waals surface area contributed by atoms with Crippen molar-refractivity contribution >= 4 is 23.3 Å². The van der Waals surface area contributed by atoms with Crippen molar-refractivity contribution in [3.05, 3.63) is 47.0 Å². The molecule has 31 heavy (non-hydrogen) atoms. The summed E-state index contributed by atoms with van der Waals surface area (Å²) in [4.78, 5) is 18.5. The summed E-state index contributed by atoms with van der Waals surface area (Å²) in [5.41, 5.74) is 3.70. The third-order valence-electron chi connectivity index (χ3n) is 4.96. The molecule has 2 aromatic carbocycles. The predicted molar refractivity (Wildman–Crippen MR) is 118 cm³/mol. The summed E-state index contributed by atoms with van der Waals surface area (Å²) in [5.74, 6) is 1.27. The molecule has 0 fully saturated rings. The number of ether oxygens (including phenoxy) is 2. The molecule has 0 atom stereocenters. The van der Waals surface area contributed by atoms with Gasteiger partial charge in [0.1, 0.15) is 12.3 Å². The van der Waals surface area contributed by atoms with Crippen molar-refractivity contribution in [3.8, 4) is 28.6 Å². The van der Waals surface area contributed by atoms with Crippen LogP contribution in [0.25, 0.3) is 22.8 Å². The Hall–Kier alpha value is -3.06. The first kappa shape index (κ1) is 21.2. The van der Waals surface area contributed by atoms with Crippen LogP contribution < -0.4 is 9.64 Å². The average molecular weight is 442 g/mol. The average Bonchev–Trinajstić information content (AvgIpc) is 3.37. The van der Waals surface area contributed by atoms with E-state index in [1.165, 1.54) is 0 Å². The Kier molecular flexibility index (Phi) is 6.13. The number of carbonyl (C=O) groups excluding carboxylic acids is 1. The van der Waals surface area contributed by atoms with E-state index >= 15 is 0 Å². The fourth-order valence-electron chi connectivity index (χ4n) is 3.67. The molecule has 0 unspecified atom stereocenters. The quantitative estimate of drug-likeness (QED) is 0.488. The summed E-state index contributed by atoms with van der Waals surface area (Å²) in [6.45, 7) is 7.04. The van der Waals surface area contributed by atoms with Gasteiger partial charge in [0, 0.05) is 23.4 Å². The van der Waals surface area contributed by atoms with Crippen LogP contribution in [0, 0.1) is 0 Å². The molecule has 1 aliphatic heterocycles. The van der Waals surface area contributed by atoms with Crippen LogP contribution >= 0.6 is 11.6 Å². The lowest BCUT2D eigenvalue weighted by atomic mass is 10.0. The second-order valence-corrected chi connectivity index (χ2v) is 7.92. The van der Waals surface area contributed by atoms with Crippen molar-refractivity contribution in [3.63, 3.8) is 0 Å². The maximum Gasteiger partial charge on any atom is 0.325 e. The monoisotopic (exact) mass is 441 g/mol. The molecule has 1 aliphatic rings. The number of hydrogen-bond donors (Lipinski definition) is 0. The van der Waals surface area contributed by atoms with Gasteiger partial charge in [-0.25, -0.2) is 0 Å². The van der Waals surface area contributed by atoms with Crippen LogP contribution in [0.3, 0.4) is 0 Å². The maximum atomic E-state index is 11.9. The molecule has 4 rings (SSSR count). The SMILES string of the molecule is CCOC(=O)CN1CCc2c(-c3noc(-c4ccc(OC(C)C)c(Cl)c4)n3)cccc21. The zero-order chi connectivity index (χ0) is 22.0. The summed E-state index contributed by atoms with van der Waals surface area (Å²) in [5, 5.41) is 4.67. The molecule has 0 N–H and O–H groups in total. The number of benzene rings is 2. The predicted octanol–water partition coefficient (Wildman–Crippen LogP) is 4.77. The molecule has 162 valence electrons. The first-order chi connectivity index (χ1) is 15.0. The molecular formula is C23H24ClN3O4. The minimum absolute atomic E-state index is 0.0296. The molecule has 8 heteroatoms. The van der Waals surface area contributed by atoms with Crippen LogP contribution in [0.2, 0.25) is 5.02 Å². The lowest BCUT2D eigenvalue weighted by Crippen LogP contribution is -2.29. The molecule has 2 heterocycles. The van der Waals surface area contributed by atoms with Gasteiger partial charge in [-0.2, -0.15) is 4.98 Å². The topological polar surface area (TPSA) is 77.7 Å². The minimum Gasteiger partial charge on any atom is -0.489 e. The smallest absolute Gasteiger partial charge is 0.325 e. The van der Waals surface area contributed by atoms with Gasteiger partial charge >= 0.3 is 5.97 Å². The third-order valence-corrected chi connectivity index (χ3v) is 5.25. The molecule has 0 spiro atoms. The van der Waals surface area contributed by atoms with E-state index in [0.29, 0.717) is 29.1 Å². The fraction of sp³-hybridized carbons (Fsp3) is 0.348. The van der Waals surface area contributed by atoms with Gasteiger partial charge in [-0.15, -0.1) is 0 Å². The van der Waals surface area contributed by atoms with Gasteiger partial charge < -0.3 is 18.9 Å². The number of aromatic nitrogens is 2. The Morgan fingerprint density at radius 3 is 2.87 bits per heavy atom. The van der Waals surface area contributed by atoms with Crippen LogP contribution in [-0.4, -0.2) is 41.9 Å². The van der Waals surface area contributed by atoms with Gasteiger partial charge in [0.15, 0.2) is 0 Å². The molecule has 1 aromatic heterocycles. The van der Waals surface area contributed by atoms with Gasteiger partial charge in [-0.3, -0.25) is 4.79 Å². The van der Waals surface area contributed by atoms with E-state index in [2.05, 4.69) is 10.1 Å². The number of rotatable bonds is 7. The lowest BCUT2D eigenvalue weighted by molar-refractivity contribution is -0.141. The van der Waals surface area contributed by atoms with E-state index in [9.17, 15) is 4.79 Å². The van der Waals surface area contributed by atoms with E-state index < -0.39 is 0 Å². The van der Waals surface area contributed by atoms with Gasteiger partial charge in [-0.1, -0.05) is 28.9 Å². The van der Waals surface area contributed by atoms with Crippen molar-refractivity contribution in [2.24, 2.45) is 0 Å². The highest BCUT2D eigenvalue weighted by Crippen LogP contribution is 2.36. The number of hydrogen-bond acceptors (Lipinski definition) is 7. The standard InChI is InChI=1S/C23H24ClN3O4/c1-4-29-21(28)13-27-11-10-16-17(6-5-7-19(16)27)22-25-23(31-26-22)15-8-9-20(18(24)12-15)30-14(2)3/h5-9,12,14H,4,10-11,13H2,1-3H3. The van der Waals surface area contributed by atoms with E-state index in [4.69, 9.17) is 25.6 Å². The van der Waals surface area contributed by atoms with Crippen LogP contribution in [0.4, 0.5) is 5.69 Å². The molecule has 0 amide bonds. The summed E-state index contributed by atoms with van der Waals surface area (Å²) >= 11 is 6.35. The van der Waals surface area contributed by atoms with Gasteiger partial charge in [0.2, 0.25) is 5.82 Å².